The number of hydrogen-bond donors (Lipinski definition) is 3. The molecule has 66 valence electrons. The van der Waals surface area contributed by atoms with Gasteiger partial charge < -0.3 is 20.1 Å². The van der Waals surface area contributed by atoms with Gasteiger partial charge in [0.2, 0.25) is 0 Å². The molecule has 0 spiro atoms. The van der Waals surface area contributed by atoms with E-state index < -0.39 is 30.5 Å². The van der Waals surface area contributed by atoms with E-state index in [-0.39, 0.29) is 0 Å². The third kappa shape index (κ3) is 1.54. The van der Waals surface area contributed by atoms with Crippen LogP contribution in [-0.2, 0) is 4.74 Å². The molecule has 4 nitrogen and oxygen atoms in total. The van der Waals surface area contributed by atoms with Gasteiger partial charge in [0, 0.05) is 5.92 Å². The lowest BCUT2D eigenvalue weighted by molar-refractivity contribution is -0.255. The molecule has 4 heteroatoms. The largest absolute Gasteiger partial charge is 0.390 e. The van der Waals surface area contributed by atoms with Crippen molar-refractivity contribution in [1.29, 1.82) is 0 Å². The Morgan fingerprint density at radius 1 is 1.00 bits per heavy atom. The summed E-state index contributed by atoms with van der Waals surface area (Å²) < 4.78 is 4.93. The lowest BCUT2D eigenvalue weighted by Crippen LogP contribution is -2.52. The maximum atomic E-state index is 9.30. The minimum atomic E-state index is -0.969. The first kappa shape index (κ1) is 8.93. The zero-order valence-electron chi connectivity index (χ0n) is 6.64. The molecule has 1 rings (SSSR count). The first-order valence-electron chi connectivity index (χ1n) is 3.73. The van der Waals surface area contributed by atoms with E-state index in [9.17, 15) is 10.2 Å². The number of ether oxygens (including phenoxy) is 1. The summed E-state index contributed by atoms with van der Waals surface area (Å²) in [6.45, 7) is 3.24. The SMILES string of the molecule is CC1OC(O)C(C)C(O)C1O. The molecule has 11 heavy (non-hydrogen) atoms. The summed E-state index contributed by atoms with van der Waals surface area (Å²) in [7, 11) is 0. The Morgan fingerprint density at radius 2 is 1.55 bits per heavy atom. The van der Waals surface area contributed by atoms with Crippen LogP contribution in [0.2, 0.25) is 0 Å². The van der Waals surface area contributed by atoms with Crippen LogP contribution in [0.5, 0.6) is 0 Å². The van der Waals surface area contributed by atoms with Gasteiger partial charge in [0.05, 0.1) is 12.2 Å². The van der Waals surface area contributed by atoms with Crippen LogP contribution in [0, 0.1) is 5.92 Å². The molecule has 0 aromatic rings. The van der Waals surface area contributed by atoms with Gasteiger partial charge in [-0.3, -0.25) is 0 Å². The van der Waals surface area contributed by atoms with E-state index >= 15 is 0 Å². The third-order valence-electron chi connectivity index (χ3n) is 2.17. The van der Waals surface area contributed by atoms with Crippen molar-refractivity contribution < 1.29 is 20.1 Å². The average molecular weight is 162 g/mol. The van der Waals surface area contributed by atoms with Gasteiger partial charge in [-0.05, 0) is 6.92 Å². The fraction of sp³-hybridized carbons (Fsp3) is 1.00. The topological polar surface area (TPSA) is 69.9 Å². The van der Waals surface area contributed by atoms with Gasteiger partial charge in [-0.15, -0.1) is 0 Å². The minimum Gasteiger partial charge on any atom is -0.390 e. The quantitative estimate of drug-likeness (QED) is 0.431. The van der Waals surface area contributed by atoms with E-state index in [2.05, 4.69) is 0 Å². The van der Waals surface area contributed by atoms with Crippen molar-refractivity contribution in [3.63, 3.8) is 0 Å². The lowest BCUT2D eigenvalue weighted by Gasteiger charge is -2.37. The van der Waals surface area contributed by atoms with Crippen molar-refractivity contribution in [1.82, 2.24) is 0 Å². The first-order valence-corrected chi connectivity index (χ1v) is 3.73. The first-order chi connectivity index (χ1) is 5.04. The van der Waals surface area contributed by atoms with Crippen molar-refractivity contribution in [3.8, 4) is 0 Å². The van der Waals surface area contributed by atoms with Gasteiger partial charge in [0.25, 0.3) is 0 Å². The fourth-order valence-electron chi connectivity index (χ4n) is 1.18. The Hall–Kier alpha value is -0.160. The lowest BCUT2D eigenvalue weighted by atomic mass is 9.93. The van der Waals surface area contributed by atoms with E-state index in [1.807, 2.05) is 0 Å². The molecule has 0 aliphatic carbocycles. The van der Waals surface area contributed by atoms with Gasteiger partial charge in [0.1, 0.15) is 6.10 Å². The molecule has 1 aliphatic heterocycles. The molecule has 1 fully saturated rings. The van der Waals surface area contributed by atoms with Crippen molar-refractivity contribution in [2.45, 2.75) is 38.4 Å². The monoisotopic (exact) mass is 162 g/mol. The standard InChI is InChI=1S/C7H14O4/c1-3-5(8)6(9)4(2)11-7(3)10/h3-10H,1-2H3. The molecule has 0 saturated carbocycles. The number of rotatable bonds is 0. The molecule has 0 aromatic carbocycles. The summed E-state index contributed by atoms with van der Waals surface area (Å²) >= 11 is 0. The van der Waals surface area contributed by atoms with Gasteiger partial charge in [0.15, 0.2) is 6.29 Å². The molecule has 0 aromatic heterocycles. The highest BCUT2D eigenvalue weighted by Gasteiger charge is 2.38. The Bertz CT molecular complexity index is 124. The molecule has 0 radical (unpaired) electrons. The summed E-state index contributed by atoms with van der Waals surface area (Å²) in [5.41, 5.74) is 0. The van der Waals surface area contributed by atoms with Crippen LogP contribution in [0.1, 0.15) is 13.8 Å². The van der Waals surface area contributed by atoms with Crippen LogP contribution in [0.3, 0.4) is 0 Å². The van der Waals surface area contributed by atoms with Crippen LogP contribution in [0.25, 0.3) is 0 Å². The number of hydrogen-bond acceptors (Lipinski definition) is 4. The molecule has 5 atom stereocenters. The van der Waals surface area contributed by atoms with E-state index in [1.165, 1.54) is 0 Å². The second kappa shape index (κ2) is 3.06. The van der Waals surface area contributed by atoms with Crippen molar-refractivity contribution in [2.75, 3.05) is 0 Å². The zero-order valence-corrected chi connectivity index (χ0v) is 6.64. The smallest absolute Gasteiger partial charge is 0.160 e. The highest BCUT2D eigenvalue weighted by atomic mass is 16.6. The zero-order chi connectivity index (χ0) is 8.59. The average Bonchev–Trinajstić information content (AvgIpc) is 1.97. The van der Waals surface area contributed by atoms with Gasteiger partial charge in [-0.25, -0.2) is 0 Å². The summed E-state index contributed by atoms with van der Waals surface area (Å²) in [5.74, 6) is -0.429. The van der Waals surface area contributed by atoms with Crippen molar-refractivity contribution >= 4 is 0 Å². The summed E-state index contributed by atoms with van der Waals surface area (Å²) in [4.78, 5) is 0. The third-order valence-corrected chi connectivity index (χ3v) is 2.17. The maximum absolute atomic E-state index is 9.30. The molecule has 0 bridgehead atoms. The van der Waals surface area contributed by atoms with E-state index in [0.717, 1.165) is 0 Å². The van der Waals surface area contributed by atoms with Crippen molar-refractivity contribution in [2.24, 2.45) is 5.92 Å². The van der Waals surface area contributed by atoms with Crippen LogP contribution in [-0.4, -0.2) is 39.9 Å². The van der Waals surface area contributed by atoms with Crippen LogP contribution in [0.15, 0.2) is 0 Å². The molecule has 0 amide bonds. The Labute approximate surface area is 65.4 Å². The van der Waals surface area contributed by atoms with E-state index in [0.29, 0.717) is 0 Å². The predicted octanol–water partition coefficient (Wildman–Crippen LogP) is -0.919. The Morgan fingerprint density at radius 3 is 2.09 bits per heavy atom. The molecule has 5 unspecified atom stereocenters. The van der Waals surface area contributed by atoms with Gasteiger partial charge >= 0.3 is 0 Å². The highest BCUT2D eigenvalue weighted by molar-refractivity contribution is 4.84. The second-order valence-electron chi connectivity index (χ2n) is 3.07. The summed E-state index contributed by atoms with van der Waals surface area (Å²) in [6, 6.07) is 0. The molecular weight excluding hydrogens is 148 g/mol. The number of aliphatic hydroxyl groups excluding tert-OH is 3. The minimum absolute atomic E-state index is 0.429. The molecule has 1 heterocycles. The van der Waals surface area contributed by atoms with Crippen LogP contribution in [0.4, 0.5) is 0 Å². The maximum Gasteiger partial charge on any atom is 0.160 e. The fourth-order valence-corrected chi connectivity index (χ4v) is 1.18. The van der Waals surface area contributed by atoms with Gasteiger partial charge in [-0.2, -0.15) is 0 Å². The summed E-state index contributed by atoms with van der Waals surface area (Å²) in [6.07, 6.45) is -3.26. The molecule has 1 saturated heterocycles. The van der Waals surface area contributed by atoms with E-state index in [4.69, 9.17) is 9.84 Å². The van der Waals surface area contributed by atoms with Crippen LogP contribution < -0.4 is 0 Å². The van der Waals surface area contributed by atoms with E-state index in [1.54, 1.807) is 13.8 Å². The molecular formula is C7H14O4. The Kier molecular flexibility index (Phi) is 2.49. The van der Waals surface area contributed by atoms with Crippen molar-refractivity contribution in [3.05, 3.63) is 0 Å². The normalized spacial score (nSPS) is 52.6. The highest BCUT2D eigenvalue weighted by Crippen LogP contribution is 2.23. The molecule has 1 aliphatic rings. The predicted molar refractivity (Wildman–Crippen MR) is 37.7 cm³/mol. The van der Waals surface area contributed by atoms with Gasteiger partial charge in [-0.1, -0.05) is 6.92 Å². The Balaban J connectivity index is 2.63. The second-order valence-corrected chi connectivity index (χ2v) is 3.07. The molecule has 3 N–H and O–H groups in total. The van der Waals surface area contributed by atoms with Crippen LogP contribution >= 0.6 is 0 Å². The number of aliphatic hydroxyl groups is 3. The summed E-state index contributed by atoms with van der Waals surface area (Å²) in [5, 5.41) is 27.7.